The van der Waals surface area contributed by atoms with Gasteiger partial charge in [0.05, 0.1) is 5.41 Å². The molecule has 0 bridgehead atoms. The second-order valence-corrected chi connectivity index (χ2v) is 26.5. The van der Waals surface area contributed by atoms with E-state index in [1.165, 1.54) is 100 Å². The number of allylic oxidation sites excluding steroid dienone is 3. The quantitative estimate of drug-likeness (QED) is 0.140. The Bertz CT molecular complexity index is 3500. The highest BCUT2D eigenvalue weighted by Crippen LogP contribution is 2.68. The molecule has 0 radical (unpaired) electrons. The monoisotopic (exact) mass is 995 g/mol. The largest absolute Gasteiger partial charge is 0.337 e. The van der Waals surface area contributed by atoms with Gasteiger partial charge in [-0.2, -0.15) is 0 Å². The highest BCUT2D eigenvalue weighted by Gasteiger charge is 2.55. The summed E-state index contributed by atoms with van der Waals surface area (Å²) in [6.45, 7) is 35.5. The number of benzene rings is 8. The predicted octanol–water partition coefficient (Wildman–Crippen LogP) is 20.4. The van der Waals surface area contributed by atoms with Crippen molar-refractivity contribution in [3.63, 3.8) is 0 Å². The van der Waals surface area contributed by atoms with E-state index < -0.39 is 5.41 Å². The first-order valence-corrected chi connectivity index (χ1v) is 27.8. The number of rotatable bonds is 8. The fraction of sp³-hybridized carbons (Fsp3) is 0.297. The first-order chi connectivity index (χ1) is 35.9. The molecule has 11 rings (SSSR count). The maximum absolute atomic E-state index is 2.64. The number of hydrogen-bond donors (Lipinski definition) is 0. The summed E-state index contributed by atoms with van der Waals surface area (Å²) < 4.78 is 0. The molecule has 3 aliphatic carbocycles. The summed E-state index contributed by atoms with van der Waals surface area (Å²) in [7, 11) is 0. The number of hydrogen-bond acceptors (Lipinski definition) is 2. The van der Waals surface area contributed by atoms with Gasteiger partial charge in [0.2, 0.25) is 0 Å². The predicted molar refractivity (Wildman–Crippen MR) is 327 cm³/mol. The highest BCUT2D eigenvalue weighted by atomic mass is 15.1. The van der Waals surface area contributed by atoms with Crippen molar-refractivity contribution >= 4 is 28.4 Å². The summed E-state index contributed by atoms with van der Waals surface area (Å²) in [5, 5.41) is 0. The zero-order valence-corrected chi connectivity index (χ0v) is 48.0. The van der Waals surface area contributed by atoms with Crippen LogP contribution >= 0.6 is 0 Å². The molecule has 0 N–H and O–H groups in total. The topological polar surface area (TPSA) is 6.48 Å². The maximum atomic E-state index is 2.64. The Morgan fingerprint density at radius 3 is 1.34 bits per heavy atom. The second-order valence-electron chi connectivity index (χ2n) is 26.5. The van der Waals surface area contributed by atoms with E-state index in [9.17, 15) is 0 Å². The van der Waals surface area contributed by atoms with Gasteiger partial charge in [-0.3, -0.25) is 0 Å². The third-order valence-electron chi connectivity index (χ3n) is 17.2. The summed E-state index contributed by atoms with van der Waals surface area (Å²) in [4.78, 5) is 5.11. The molecule has 0 heterocycles. The van der Waals surface area contributed by atoms with E-state index in [1.807, 2.05) is 0 Å². The van der Waals surface area contributed by atoms with Crippen molar-refractivity contribution in [2.24, 2.45) is 5.41 Å². The van der Waals surface area contributed by atoms with Gasteiger partial charge in [0.15, 0.2) is 0 Å². The van der Waals surface area contributed by atoms with Crippen LogP contribution in [0.15, 0.2) is 194 Å². The Morgan fingerprint density at radius 1 is 0.434 bits per heavy atom. The lowest BCUT2D eigenvalue weighted by Crippen LogP contribution is -2.28. The summed E-state index contributed by atoms with van der Waals surface area (Å²) in [5.74, 6) is 0. The minimum absolute atomic E-state index is 0.0177. The van der Waals surface area contributed by atoms with Crippen LogP contribution in [-0.2, 0) is 27.1 Å². The van der Waals surface area contributed by atoms with Gasteiger partial charge in [0.25, 0.3) is 0 Å². The van der Waals surface area contributed by atoms with E-state index in [0.29, 0.717) is 6.54 Å². The molecule has 0 aromatic heterocycles. The molecule has 384 valence electrons. The molecule has 1 spiro atoms. The van der Waals surface area contributed by atoms with Crippen molar-refractivity contribution in [3.05, 3.63) is 244 Å². The van der Waals surface area contributed by atoms with E-state index in [1.54, 1.807) is 0 Å². The highest BCUT2D eigenvalue weighted by molar-refractivity contribution is 6.05. The van der Waals surface area contributed by atoms with Crippen molar-refractivity contribution in [2.45, 2.75) is 131 Å². The molecule has 8 aromatic rings. The van der Waals surface area contributed by atoms with Gasteiger partial charge < -0.3 is 9.80 Å². The fourth-order valence-electron chi connectivity index (χ4n) is 13.1. The molecule has 76 heavy (non-hydrogen) atoms. The molecule has 3 aliphatic rings. The molecule has 0 atom stereocenters. The third-order valence-corrected chi connectivity index (χ3v) is 17.2. The van der Waals surface area contributed by atoms with Crippen LogP contribution in [0.3, 0.4) is 0 Å². The van der Waals surface area contributed by atoms with Crippen LogP contribution < -0.4 is 9.80 Å². The lowest BCUT2D eigenvalue weighted by Gasteiger charge is -2.35. The van der Waals surface area contributed by atoms with Crippen LogP contribution in [-0.4, -0.2) is 6.54 Å². The molecular formula is C74H78N2. The zero-order chi connectivity index (χ0) is 53.9. The minimum atomic E-state index is -0.623. The lowest BCUT2D eigenvalue weighted by atomic mass is 9.69. The molecule has 2 heteroatoms. The summed E-state index contributed by atoms with van der Waals surface area (Å²) in [6.07, 6.45) is 7.04. The van der Waals surface area contributed by atoms with Gasteiger partial charge in [0.1, 0.15) is 0 Å². The first kappa shape index (κ1) is 51.0. The zero-order valence-electron chi connectivity index (χ0n) is 48.0. The van der Waals surface area contributed by atoms with E-state index in [4.69, 9.17) is 0 Å². The second kappa shape index (κ2) is 18.0. The molecule has 0 amide bonds. The Kier molecular flexibility index (Phi) is 12.1. The van der Waals surface area contributed by atoms with E-state index >= 15 is 0 Å². The Hall–Kier alpha value is -7.16. The smallest absolute Gasteiger partial charge is 0.0727 e. The Balaban J connectivity index is 1.24. The van der Waals surface area contributed by atoms with Crippen molar-refractivity contribution in [3.8, 4) is 33.4 Å². The average molecular weight is 995 g/mol. The molecule has 8 aromatic carbocycles. The molecule has 0 aliphatic heterocycles. The van der Waals surface area contributed by atoms with Gasteiger partial charge in [0, 0.05) is 46.0 Å². The standard InChI is InChI=1S/C74H78N2/c1-16-48(69(2,3)4)24-23-45-75(52-37-31-49(32-38-52)70(5,6)7)65-47-64-66(68-67(65)58-27-19-20-28-60(58)73(68,14)15)59-44-43-55(46-63(59)74(64)61-29-21-17-25-56(61)57-26-18-22-30-62(57)74)76(53-39-33-50(34-40-53)71(8,9)10)54-41-35-51(36-42-54)72(11,12)13/h16-44,46-47H,45H2,1-15H3/b24-23-,48-16+. The lowest BCUT2D eigenvalue weighted by molar-refractivity contribution is 0.516. The molecule has 0 unspecified atom stereocenters. The fourth-order valence-corrected chi connectivity index (χ4v) is 13.1. The molecule has 0 saturated carbocycles. The number of fused-ring (bicyclic) bond motifs is 14. The molecular weight excluding hydrogens is 917 g/mol. The SMILES string of the molecule is C/C=C(\C=C/CN(c1ccc(C(C)(C)C)cc1)c1cc2c(c3c1-c1ccccc1C3(C)C)-c1ccc(N(c3ccc(C(C)(C)C)cc3)c3ccc(C(C)(C)C)cc3)cc1C21c2ccccc2-c2ccccc21)C(C)(C)C. The Morgan fingerprint density at radius 2 is 0.868 bits per heavy atom. The van der Waals surface area contributed by atoms with Gasteiger partial charge >= 0.3 is 0 Å². The van der Waals surface area contributed by atoms with E-state index in [-0.39, 0.29) is 27.1 Å². The van der Waals surface area contributed by atoms with Crippen LogP contribution in [0.2, 0.25) is 0 Å². The normalized spacial score (nSPS) is 15.1. The summed E-state index contributed by atoms with van der Waals surface area (Å²) >= 11 is 0. The molecule has 0 fully saturated rings. The van der Waals surface area contributed by atoms with E-state index in [2.05, 4.69) is 302 Å². The van der Waals surface area contributed by atoms with Crippen LogP contribution in [0.25, 0.3) is 33.4 Å². The van der Waals surface area contributed by atoms with Crippen molar-refractivity contribution in [1.82, 2.24) is 0 Å². The summed E-state index contributed by atoms with van der Waals surface area (Å²) in [5.41, 5.74) is 26.4. The van der Waals surface area contributed by atoms with Gasteiger partial charge in [-0.05, 0) is 167 Å². The third kappa shape index (κ3) is 8.13. The molecule has 2 nitrogen and oxygen atoms in total. The molecule has 0 saturated heterocycles. The van der Waals surface area contributed by atoms with Gasteiger partial charge in [-0.15, -0.1) is 0 Å². The van der Waals surface area contributed by atoms with E-state index in [0.717, 1.165) is 17.1 Å². The first-order valence-electron chi connectivity index (χ1n) is 27.8. The van der Waals surface area contributed by atoms with Gasteiger partial charge in [-0.25, -0.2) is 0 Å². The van der Waals surface area contributed by atoms with Crippen LogP contribution in [0, 0.1) is 5.41 Å². The van der Waals surface area contributed by atoms with Crippen LogP contribution in [0.5, 0.6) is 0 Å². The summed E-state index contributed by atoms with van der Waals surface area (Å²) in [6, 6.07) is 66.0. The number of nitrogens with zero attached hydrogens (tertiary/aromatic N) is 2. The average Bonchev–Trinajstić information content (AvgIpc) is 4.17. The van der Waals surface area contributed by atoms with Gasteiger partial charge in [-0.1, -0.05) is 230 Å². The number of anilines is 5. The van der Waals surface area contributed by atoms with Crippen molar-refractivity contribution < 1.29 is 0 Å². The minimum Gasteiger partial charge on any atom is -0.337 e. The van der Waals surface area contributed by atoms with Crippen molar-refractivity contribution in [1.29, 1.82) is 0 Å². The maximum Gasteiger partial charge on any atom is 0.0727 e. The van der Waals surface area contributed by atoms with Crippen LogP contribution in [0.1, 0.15) is 154 Å². The Labute approximate surface area is 455 Å². The van der Waals surface area contributed by atoms with Crippen LogP contribution in [0.4, 0.5) is 28.4 Å². The van der Waals surface area contributed by atoms with Crippen molar-refractivity contribution in [2.75, 3.05) is 16.3 Å².